The molecule has 0 aromatic heterocycles. The van der Waals surface area contributed by atoms with E-state index in [1.54, 1.807) is 0 Å². The highest BCUT2D eigenvalue weighted by Crippen LogP contribution is 2.26. The van der Waals surface area contributed by atoms with Gasteiger partial charge in [0.15, 0.2) is 0 Å². The van der Waals surface area contributed by atoms with Crippen molar-refractivity contribution in [3.63, 3.8) is 0 Å². The summed E-state index contributed by atoms with van der Waals surface area (Å²) in [7, 11) is 2.96. The van der Waals surface area contributed by atoms with Crippen molar-refractivity contribution >= 4 is 0 Å². The van der Waals surface area contributed by atoms with Gasteiger partial charge in [-0.3, -0.25) is 0 Å². The minimum absolute atomic E-state index is 0.375. The van der Waals surface area contributed by atoms with Gasteiger partial charge >= 0.3 is 0 Å². The van der Waals surface area contributed by atoms with Crippen molar-refractivity contribution in [2.24, 2.45) is 0 Å². The van der Waals surface area contributed by atoms with Crippen molar-refractivity contribution in [3.05, 3.63) is 0 Å². The lowest BCUT2D eigenvalue weighted by molar-refractivity contribution is -0.241. The van der Waals surface area contributed by atoms with Gasteiger partial charge in [-0.2, -0.15) is 0 Å². The molecule has 1 fully saturated rings. The fourth-order valence-electron chi connectivity index (χ4n) is 1.18. The third-order valence-corrected chi connectivity index (χ3v) is 1.89. The summed E-state index contributed by atoms with van der Waals surface area (Å²) in [4.78, 5) is 0. The number of hydrogen-bond donors (Lipinski definition) is 2. The van der Waals surface area contributed by atoms with Crippen LogP contribution in [0.2, 0.25) is 0 Å². The third kappa shape index (κ3) is 0.932. The maximum Gasteiger partial charge on any atom is 0.114 e. The summed E-state index contributed by atoms with van der Waals surface area (Å²) in [5.41, 5.74) is 0. The molecule has 60 valence electrons. The zero-order chi connectivity index (χ0) is 7.72. The van der Waals surface area contributed by atoms with Gasteiger partial charge in [-0.05, 0) is 0 Å². The monoisotopic (exact) mass is 148 g/mol. The van der Waals surface area contributed by atoms with Gasteiger partial charge in [0, 0.05) is 14.2 Å². The largest absolute Gasteiger partial charge is 0.387 e. The fourth-order valence-corrected chi connectivity index (χ4v) is 1.18. The smallest absolute Gasteiger partial charge is 0.114 e. The molecule has 0 spiro atoms. The van der Waals surface area contributed by atoms with Crippen LogP contribution in [0.5, 0.6) is 0 Å². The van der Waals surface area contributed by atoms with E-state index in [1.165, 1.54) is 14.2 Å². The first kappa shape index (κ1) is 7.94. The lowest BCUT2D eigenvalue weighted by Gasteiger charge is -2.43. The molecule has 1 aliphatic carbocycles. The van der Waals surface area contributed by atoms with Crippen LogP contribution in [0.4, 0.5) is 0 Å². The van der Waals surface area contributed by atoms with Gasteiger partial charge in [-0.1, -0.05) is 0 Å². The number of aliphatic hydroxyl groups excluding tert-OH is 2. The van der Waals surface area contributed by atoms with Crippen molar-refractivity contribution in [3.8, 4) is 0 Å². The average Bonchev–Trinajstić information content (AvgIpc) is 1.97. The zero-order valence-electron chi connectivity index (χ0n) is 6.02. The van der Waals surface area contributed by atoms with Crippen LogP contribution in [0, 0.1) is 0 Å². The Morgan fingerprint density at radius 3 is 1.40 bits per heavy atom. The van der Waals surface area contributed by atoms with Gasteiger partial charge in [-0.15, -0.1) is 0 Å². The molecule has 0 bridgehead atoms. The van der Waals surface area contributed by atoms with Crippen LogP contribution < -0.4 is 0 Å². The van der Waals surface area contributed by atoms with Crippen molar-refractivity contribution in [2.45, 2.75) is 24.4 Å². The van der Waals surface area contributed by atoms with Crippen LogP contribution in [-0.2, 0) is 9.47 Å². The summed E-state index contributed by atoms with van der Waals surface area (Å²) in [5, 5.41) is 18.0. The number of rotatable bonds is 2. The molecule has 4 nitrogen and oxygen atoms in total. The van der Waals surface area contributed by atoms with E-state index >= 15 is 0 Å². The number of ether oxygens (including phenoxy) is 2. The molecule has 0 saturated heterocycles. The second-order valence-electron chi connectivity index (χ2n) is 2.38. The van der Waals surface area contributed by atoms with Gasteiger partial charge < -0.3 is 19.7 Å². The van der Waals surface area contributed by atoms with Crippen LogP contribution in [0.3, 0.4) is 0 Å². The number of aliphatic hydroxyl groups is 2. The first-order valence-electron chi connectivity index (χ1n) is 3.14. The normalized spacial score (nSPS) is 46.8. The average molecular weight is 148 g/mol. The Hall–Kier alpha value is -0.160. The maximum absolute atomic E-state index is 9.02. The molecule has 0 radical (unpaired) electrons. The Kier molecular flexibility index (Phi) is 2.25. The molecule has 1 saturated carbocycles. The van der Waals surface area contributed by atoms with E-state index in [0.717, 1.165) is 0 Å². The summed E-state index contributed by atoms with van der Waals surface area (Å²) in [6, 6.07) is 0. The molecule has 0 aromatic carbocycles. The summed E-state index contributed by atoms with van der Waals surface area (Å²) in [6.45, 7) is 0. The molecule has 2 unspecified atom stereocenters. The van der Waals surface area contributed by atoms with E-state index in [-0.39, 0.29) is 12.2 Å². The first-order valence-corrected chi connectivity index (χ1v) is 3.14. The van der Waals surface area contributed by atoms with Gasteiger partial charge in [0.05, 0.1) is 0 Å². The molecule has 10 heavy (non-hydrogen) atoms. The van der Waals surface area contributed by atoms with Crippen LogP contribution in [0.25, 0.3) is 0 Å². The SMILES string of the molecule is COC1C(OC)[C@@H](O)[C@@H]1O. The Labute approximate surface area is 59.4 Å². The van der Waals surface area contributed by atoms with Crippen molar-refractivity contribution in [2.75, 3.05) is 14.2 Å². The van der Waals surface area contributed by atoms with E-state index in [1.807, 2.05) is 0 Å². The Morgan fingerprint density at radius 2 is 1.20 bits per heavy atom. The highest BCUT2D eigenvalue weighted by Gasteiger charge is 2.49. The van der Waals surface area contributed by atoms with Gasteiger partial charge in [0.1, 0.15) is 24.4 Å². The fraction of sp³-hybridized carbons (Fsp3) is 1.00. The Balaban J connectivity index is 2.44. The van der Waals surface area contributed by atoms with Crippen LogP contribution >= 0.6 is 0 Å². The topological polar surface area (TPSA) is 58.9 Å². The zero-order valence-corrected chi connectivity index (χ0v) is 6.02. The molecule has 0 aliphatic heterocycles. The van der Waals surface area contributed by atoms with Crippen molar-refractivity contribution in [1.29, 1.82) is 0 Å². The predicted molar refractivity (Wildman–Crippen MR) is 33.6 cm³/mol. The second kappa shape index (κ2) is 2.84. The molecule has 4 atom stereocenters. The summed E-state index contributed by atoms with van der Waals surface area (Å²) >= 11 is 0. The number of hydrogen-bond acceptors (Lipinski definition) is 4. The van der Waals surface area contributed by atoms with Gasteiger partial charge in [-0.25, -0.2) is 0 Å². The number of methoxy groups -OCH3 is 2. The molecule has 4 heteroatoms. The maximum atomic E-state index is 9.02. The van der Waals surface area contributed by atoms with E-state index in [9.17, 15) is 0 Å². The molecule has 1 aliphatic rings. The predicted octanol–water partition coefficient (Wildman–Crippen LogP) is -1.25. The van der Waals surface area contributed by atoms with E-state index < -0.39 is 12.2 Å². The molecule has 0 aromatic rings. The molecule has 0 heterocycles. The highest BCUT2D eigenvalue weighted by atomic mass is 16.6. The summed E-state index contributed by atoms with van der Waals surface area (Å²) in [6.07, 6.45) is -2.34. The summed E-state index contributed by atoms with van der Waals surface area (Å²) < 4.78 is 9.67. The molecule has 1 rings (SSSR count). The lowest BCUT2D eigenvalue weighted by Crippen LogP contribution is -2.65. The van der Waals surface area contributed by atoms with E-state index in [0.29, 0.717) is 0 Å². The van der Waals surface area contributed by atoms with Crippen LogP contribution in [-0.4, -0.2) is 48.8 Å². The third-order valence-electron chi connectivity index (χ3n) is 1.89. The first-order chi connectivity index (χ1) is 4.72. The molecular formula is C6H12O4. The standard InChI is InChI=1S/C6H12O4/c1-9-5-3(7)4(8)6(5)10-2/h3-8H,1-2H3/t3-,4-,5?,6?/m0/s1. The van der Waals surface area contributed by atoms with Crippen molar-refractivity contribution in [1.82, 2.24) is 0 Å². The minimum atomic E-state index is -0.796. The quantitative estimate of drug-likeness (QED) is 0.514. The lowest BCUT2D eigenvalue weighted by atomic mass is 9.84. The van der Waals surface area contributed by atoms with Crippen LogP contribution in [0.1, 0.15) is 0 Å². The van der Waals surface area contributed by atoms with Gasteiger partial charge in [0.2, 0.25) is 0 Å². The Morgan fingerprint density at radius 1 is 0.900 bits per heavy atom. The van der Waals surface area contributed by atoms with E-state index in [4.69, 9.17) is 19.7 Å². The molecular weight excluding hydrogens is 136 g/mol. The van der Waals surface area contributed by atoms with Gasteiger partial charge in [0.25, 0.3) is 0 Å². The molecule has 0 amide bonds. The summed E-state index contributed by atoms with van der Waals surface area (Å²) in [5.74, 6) is 0. The van der Waals surface area contributed by atoms with Crippen LogP contribution in [0.15, 0.2) is 0 Å². The minimum Gasteiger partial charge on any atom is -0.387 e. The second-order valence-corrected chi connectivity index (χ2v) is 2.38. The Bertz CT molecular complexity index is 102. The molecule has 2 N–H and O–H groups in total. The highest BCUT2D eigenvalue weighted by molar-refractivity contribution is 5.00. The van der Waals surface area contributed by atoms with Crippen molar-refractivity contribution < 1.29 is 19.7 Å². The van der Waals surface area contributed by atoms with E-state index in [2.05, 4.69) is 0 Å².